The van der Waals surface area contributed by atoms with E-state index in [-0.39, 0.29) is 12.5 Å². The smallest absolute Gasteiger partial charge is 0.249 e. The molecule has 1 fully saturated rings. The molecular formula is C13H22N2O2. The molecule has 3 atom stereocenters. The Bertz CT molecular complexity index is 286. The van der Waals surface area contributed by atoms with Crippen molar-refractivity contribution in [2.24, 2.45) is 17.6 Å². The Morgan fingerprint density at radius 3 is 2.94 bits per heavy atom. The highest BCUT2D eigenvalue weighted by atomic mass is 16.5. The van der Waals surface area contributed by atoms with Crippen LogP contribution in [0, 0.1) is 24.2 Å². The first-order valence-corrected chi connectivity index (χ1v) is 6.21. The summed E-state index contributed by atoms with van der Waals surface area (Å²) >= 11 is 0. The highest BCUT2D eigenvalue weighted by Gasteiger charge is 2.27. The third-order valence-electron chi connectivity index (χ3n) is 3.41. The van der Waals surface area contributed by atoms with Crippen LogP contribution in [-0.2, 0) is 9.53 Å². The Morgan fingerprint density at radius 2 is 2.29 bits per heavy atom. The third-order valence-corrected chi connectivity index (χ3v) is 3.41. The summed E-state index contributed by atoms with van der Waals surface area (Å²) in [7, 11) is 0. The van der Waals surface area contributed by atoms with Gasteiger partial charge in [0.1, 0.15) is 6.10 Å². The summed E-state index contributed by atoms with van der Waals surface area (Å²) in [5.74, 6) is 3.27. The van der Waals surface area contributed by atoms with Gasteiger partial charge in [-0.25, -0.2) is 0 Å². The van der Waals surface area contributed by atoms with Crippen molar-refractivity contribution in [1.29, 1.82) is 0 Å². The number of rotatable bonds is 6. The number of ether oxygens (including phenoxy) is 1. The fraction of sp³-hybridized carbons (Fsp3) is 0.769. The lowest BCUT2D eigenvalue weighted by molar-refractivity contribution is -0.132. The van der Waals surface area contributed by atoms with E-state index in [0.29, 0.717) is 25.0 Å². The second-order valence-corrected chi connectivity index (χ2v) is 4.58. The van der Waals surface area contributed by atoms with Crippen LogP contribution in [0.25, 0.3) is 0 Å². The SMILES string of the molecule is C#CCNC(=O)C(C)OCC1CCCC1CN. The van der Waals surface area contributed by atoms with Crippen LogP contribution in [0.1, 0.15) is 26.2 Å². The molecule has 3 N–H and O–H groups in total. The summed E-state index contributed by atoms with van der Waals surface area (Å²) in [6.45, 7) is 3.33. The molecular weight excluding hydrogens is 216 g/mol. The lowest BCUT2D eigenvalue weighted by Crippen LogP contribution is -2.36. The van der Waals surface area contributed by atoms with Crippen LogP contribution >= 0.6 is 0 Å². The van der Waals surface area contributed by atoms with Gasteiger partial charge in [0, 0.05) is 0 Å². The first-order valence-electron chi connectivity index (χ1n) is 6.21. The quantitative estimate of drug-likeness (QED) is 0.663. The molecule has 3 unspecified atom stereocenters. The largest absolute Gasteiger partial charge is 0.368 e. The first kappa shape index (κ1) is 14.0. The van der Waals surface area contributed by atoms with E-state index >= 15 is 0 Å². The molecule has 0 bridgehead atoms. The number of nitrogens with one attached hydrogen (secondary N) is 1. The third kappa shape index (κ3) is 4.37. The predicted molar refractivity (Wildman–Crippen MR) is 67.1 cm³/mol. The fourth-order valence-corrected chi connectivity index (χ4v) is 2.27. The van der Waals surface area contributed by atoms with E-state index < -0.39 is 6.10 Å². The maximum Gasteiger partial charge on any atom is 0.249 e. The Labute approximate surface area is 103 Å². The van der Waals surface area contributed by atoms with E-state index in [1.54, 1.807) is 6.92 Å². The van der Waals surface area contributed by atoms with Gasteiger partial charge in [-0.15, -0.1) is 6.42 Å². The molecule has 4 nitrogen and oxygen atoms in total. The standard InChI is InChI=1S/C13H22N2O2/c1-3-7-15-13(16)10(2)17-9-12-6-4-5-11(12)8-14/h1,10-12H,4-9,14H2,2H3,(H,15,16). The number of hydrogen-bond donors (Lipinski definition) is 2. The van der Waals surface area contributed by atoms with Crippen LogP contribution in [0.5, 0.6) is 0 Å². The lowest BCUT2D eigenvalue weighted by atomic mass is 9.97. The number of carbonyl (C=O) groups is 1. The van der Waals surface area contributed by atoms with Crippen molar-refractivity contribution in [1.82, 2.24) is 5.32 Å². The number of terminal acetylenes is 1. The Hall–Kier alpha value is -1.05. The zero-order chi connectivity index (χ0) is 12.7. The summed E-state index contributed by atoms with van der Waals surface area (Å²) in [5.41, 5.74) is 5.70. The van der Waals surface area contributed by atoms with Crippen molar-refractivity contribution in [2.45, 2.75) is 32.3 Å². The van der Waals surface area contributed by atoms with E-state index in [0.717, 1.165) is 6.42 Å². The van der Waals surface area contributed by atoms with Crippen molar-refractivity contribution >= 4 is 5.91 Å². The monoisotopic (exact) mass is 238 g/mol. The van der Waals surface area contributed by atoms with Crippen molar-refractivity contribution in [2.75, 3.05) is 19.7 Å². The van der Waals surface area contributed by atoms with E-state index in [2.05, 4.69) is 11.2 Å². The van der Waals surface area contributed by atoms with Crippen LogP contribution in [0.3, 0.4) is 0 Å². The minimum Gasteiger partial charge on any atom is -0.368 e. The number of amides is 1. The minimum atomic E-state index is -0.442. The summed E-state index contributed by atoms with van der Waals surface area (Å²) < 4.78 is 5.58. The van der Waals surface area contributed by atoms with Crippen molar-refractivity contribution in [3.63, 3.8) is 0 Å². The van der Waals surface area contributed by atoms with E-state index in [1.807, 2.05) is 0 Å². The molecule has 0 heterocycles. The molecule has 0 aromatic rings. The maximum atomic E-state index is 11.5. The molecule has 96 valence electrons. The highest BCUT2D eigenvalue weighted by molar-refractivity contribution is 5.80. The molecule has 1 amide bonds. The molecule has 0 aromatic heterocycles. The van der Waals surface area contributed by atoms with Crippen molar-refractivity contribution < 1.29 is 9.53 Å². The predicted octanol–water partition coefficient (Wildman–Crippen LogP) is 0.516. The lowest BCUT2D eigenvalue weighted by Gasteiger charge is -2.20. The van der Waals surface area contributed by atoms with Gasteiger partial charge in [-0.3, -0.25) is 4.79 Å². The number of nitrogens with two attached hydrogens (primary N) is 1. The van der Waals surface area contributed by atoms with Gasteiger partial charge in [0.15, 0.2) is 0 Å². The van der Waals surface area contributed by atoms with Crippen molar-refractivity contribution in [3.8, 4) is 12.3 Å². The molecule has 17 heavy (non-hydrogen) atoms. The van der Waals surface area contributed by atoms with Crippen LogP contribution < -0.4 is 11.1 Å². The summed E-state index contributed by atoms with van der Waals surface area (Å²) in [6, 6.07) is 0. The zero-order valence-electron chi connectivity index (χ0n) is 10.4. The molecule has 1 aliphatic rings. The molecule has 0 radical (unpaired) electrons. The van der Waals surface area contributed by atoms with Gasteiger partial charge in [-0.2, -0.15) is 0 Å². The van der Waals surface area contributed by atoms with E-state index in [9.17, 15) is 4.79 Å². The normalized spacial score (nSPS) is 25.2. The fourth-order valence-electron chi connectivity index (χ4n) is 2.27. The van der Waals surface area contributed by atoms with Gasteiger partial charge in [-0.1, -0.05) is 12.3 Å². The zero-order valence-corrected chi connectivity index (χ0v) is 10.4. The summed E-state index contributed by atoms with van der Waals surface area (Å²) in [4.78, 5) is 11.5. The average molecular weight is 238 g/mol. The van der Waals surface area contributed by atoms with Crippen LogP contribution in [0.4, 0.5) is 0 Å². The average Bonchev–Trinajstić information content (AvgIpc) is 2.80. The molecule has 0 saturated heterocycles. The molecule has 0 aromatic carbocycles. The van der Waals surface area contributed by atoms with Gasteiger partial charge in [0.05, 0.1) is 13.2 Å². The Balaban J connectivity index is 2.25. The summed E-state index contributed by atoms with van der Waals surface area (Å²) in [5, 5.41) is 2.61. The molecule has 1 aliphatic carbocycles. The van der Waals surface area contributed by atoms with Crippen LogP contribution in [0.2, 0.25) is 0 Å². The topological polar surface area (TPSA) is 64.3 Å². The second kappa shape index (κ2) is 7.31. The van der Waals surface area contributed by atoms with Gasteiger partial charge in [0.25, 0.3) is 0 Å². The number of carbonyl (C=O) groups excluding carboxylic acids is 1. The molecule has 1 rings (SSSR count). The minimum absolute atomic E-state index is 0.148. The molecule has 0 aliphatic heterocycles. The van der Waals surface area contributed by atoms with Gasteiger partial charge >= 0.3 is 0 Å². The Kier molecular flexibility index (Phi) is 6.03. The maximum absolute atomic E-state index is 11.5. The number of hydrogen-bond acceptors (Lipinski definition) is 3. The van der Waals surface area contributed by atoms with E-state index in [4.69, 9.17) is 16.9 Å². The molecule has 0 spiro atoms. The second-order valence-electron chi connectivity index (χ2n) is 4.58. The van der Waals surface area contributed by atoms with E-state index in [1.165, 1.54) is 12.8 Å². The van der Waals surface area contributed by atoms with Crippen LogP contribution in [0.15, 0.2) is 0 Å². The summed E-state index contributed by atoms with van der Waals surface area (Å²) in [6.07, 6.45) is 8.18. The van der Waals surface area contributed by atoms with Gasteiger partial charge < -0.3 is 15.8 Å². The Morgan fingerprint density at radius 1 is 1.59 bits per heavy atom. The first-order chi connectivity index (χ1) is 8.19. The molecule has 1 saturated carbocycles. The van der Waals surface area contributed by atoms with Crippen molar-refractivity contribution in [3.05, 3.63) is 0 Å². The van der Waals surface area contributed by atoms with Crippen LogP contribution in [-0.4, -0.2) is 31.7 Å². The van der Waals surface area contributed by atoms with Gasteiger partial charge in [0.2, 0.25) is 5.91 Å². The highest BCUT2D eigenvalue weighted by Crippen LogP contribution is 2.31. The van der Waals surface area contributed by atoms with Gasteiger partial charge in [-0.05, 0) is 38.1 Å². The molecule has 4 heteroatoms.